The Morgan fingerprint density at radius 3 is 2.42 bits per heavy atom. The number of hydrogen-bond acceptors (Lipinski definition) is 6. The van der Waals surface area contributed by atoms with Crippen molar-refractivity contribution in [1.29, 1.82) is 5.26 Å². The van der Waals surface area contributed by atoms with Crippen LogP contribution < -0.4 is 9.21 Å². The highest BCUT2D eigenvalue weighted by molar-refractivity contribution is 7.93. The van der Waals surface area contributed by atoms with Crippen LogP contribution in [0.15, 0.2) is 71.6 Å². The number of carbonyl (C=O) groups excluding carboxylic acids is 2. The normalized spacial score (nSPS) is 13.6. The van der Waals surface area contributed by atoms with E-state index in [1.807, 2.05) is 6.07 Å². The molecule has 0 aliphatic carbocycles. The van der Waals surface area contributed by atoms with Gasteiger partial charge in [-0.05, 0) is 29.7 Å². The third-order valence-electron chi connectivity index (χ3n) is 4.91. The summed E-state index contributed by atoms with van der Waals surface area (Å²) >= 11 is 0. The van der Waals surface area contributed by atoms with Crippen LogP contribution in [0, 0.1) is 11.3 Å². The summed E-state index contributed by atoms with van der Waals surface area (Å²) in [6.07, 6.45) is 0. The van der Waals surface area contributed by atoms with Crippen molar-refractivity contribution < 1.29 is 22.7 Å². The minimum atomic E-state index is -3.91. The molecule has 0 fully saturated rings. The van der Waals surface area contributed by atoms with Crippen LogP contribution in [0.25, 0.3) is 10.8 Å². The molecule has 156 valence electrons. The number of rotatable bonds is 6. The molecule has 1 heterocycles. The number of ether oxygens (including phenoxy) is 1. The fourth-order valence-electron chi connectivity index (χ4n) is 3.51. The molecule has 1 aliphatic rings. The first-order chi connectivity index (χ1) is 14.9. The lowest BCUT2D eigenvalue weighted by atomic mass is 10.1. The lowest BCUT2D eigenvalue weighted by Crippen LogP contribution is -2.38. The van der Waals surface area contributed by atoms with Crippen molar-refractivity contribution in [3.05, 3.63) is 66.7 Å². The number of carbonyl (C=O) groups is 2. The molecule has 8 nitrogen and oxygen atoms in total. The topological polar surface area (TPSA) is 108 Å². The quantitative estimate of drug-likeness (QED) is 0.435. The molecule has 0 bridgehead atoms. The smallest absolute Gasteiger partial charge is 0.327 e. The average molecular weight is 435 g/mol. The highest BCUT2D eigenvalue weighted by Crippen LogP contribution is 2.41. The van der Waals surface area contributed by atoms with Gasteiger partial charge in [0.1, 0.15) is 13.1 Å². The molecule has 0 unspecified atom stereocenters. The van der Waals surface area contributed by atoms with Crippen molar-refractivity contribution in [2.45, 2.75) is 4.90 Å². The lowest BCUT2D eigenvalue weighted by molar-refractivity contribution is -0.146. The molecule has 31 heavy (non-hydrogen) atoms. The van der Waals surface area contributed by atoms with E-state index in [1.54, 1.807) is 60.7 Å². The number of benzene rings is 3. The van der Waals surface area contributed by atoms with E-state index in [4.69, 9.17) is 10.00 Å². The third-order valence-corrected chi connectivity index (χ3v) is 6.71. The molecule has 0 radical (unpaired) electrons. The van der Waals surface area contributed by atoms with E-state index in [0.717, 1.165) is 9.69 Å². The van der Waals surface area contributed by atoms with E-state index in [1.165, 1.54) is 11.0 Å². The molecular formula is C22H17N3O5S. The maximum Gasteiger partial charge on any atom is 0.327 e. The Morgan fingerprint density at radius 1 is 1.00 bits per heavy atom. The molecule has 1 amide bonds. The van der Waals surface area contributed by atoms with Crippen molar-refractivity contribution in [3.63, 3.8) is 0 Å². The van der Waals surface area contributed by atoms with Crippen molar-refractivity contribution in [2.75, 3.05) is 28.9 Å². The SMILES string of the molecule is N#CCN(C(=O)COC(=O)CN1c2cccc3cccc(c23)S1(=O)=O)c1ccccc1. The summed E-state index contributed by atoms with van der Waals surface area (Å²) in [4.78, 5) is 26.2. The van der Waals surface area contributed by atoms with Crippen molar-refractivity contribution in [2.24, 2.45) is 0 Å². The highest BCUT2D eigenvalue weighted by Gasteiger charge is 2.37. The number of sulfonamides is 1. The van der Waals surface area contributed by atoms with Gasteiger partial charge in [0.2, 0.25) is 0 Å². The number of hydrogen-bond donors (Lipinski definition) is 0. The second kappa shape index (κ2) is 8.08. The number of anilines is 2. The third kappa shape index (κ3) is 3.69. The Labute approximate surface area is 178 Å². The second-order valence-electron chi connectivity index (χ2n) is 6.78. The van der Waals surface area contributed by atoms with Crippen LogP contribution in [-0.2, 0) is 24.3 Å². The zero-order valence-corrected chi connectivity index (χ0v) is 17.1. The van der Waals surface area contributed by atoms with Gasteiger partial charge in [-0.1, -0.05) is 42.5 Å². The fraction of sp³-hybridized carbons (Fsp3) is 0.136. The Kier molecular flexibility index (Phi) is 5.31. The Balaban J connectivity index is 1.48. The van der Waals surface area contributed by atoms with E-state index >= 15 is 0 Å². The molecule has 0 aromatic heterocycles. The van der Waals surface area contributed by atoms with Gasteiger partial charge in [-0.2, -0.15) is 5.26 Å². The summed E-state index contributed by atoms with van der Waals surface area (Å²) < 4.78 is 31.9. The minimum absolute atomic E-state index is 0.133. The van der Waals surface area contributed by atoms with Crippen LogP contribution in [0.1, 0.15) is 0 Å². The fourth-order valence-corrected chi connectivity index (χ4v) is 5.17. The molecule has 9 heteroatoms. The van der Waals surface area contributed by atoms with Crippen LogP contribution in [0.5, 0.6) is 0 Å². The van der Waals surface area contributed by atoms with E-state index in [2.05, 4.69) is 0 Å². The van der Waals surface area contributed by atoms with Gasteiger partial charge in [-0.25, -0.2) is 8.42 Å². The monoisotopic (exact) mass is 435 g/mol. The van der Waals surface area contributed by atoms with Gasteiger partial charge in [0.05, 0.1) is 16.7 Å². The van der Waals surface area contributed by atoms with Crippen molar-refractivity contribution in [3.8, 4) is 6.07 Å². The number of amides is 1. The second-order valence-corrected chi connectivity index (χ2v) is 8.61. The van der Waals surface area contributed by atoms with Crippen molar-refractivity contribution >= 4 is 44.0 Å². The van der Waals surface area contributed by atoms with Crippen LogP contribution in [0.4, 0.5) is 11.4 Å². The van der Waals surface area contributed by atoms with Gasteiger partial charge in [0, 0.05) is 11.1 Å². The Bertz CT molecular complexity index is 1310. The zero-order valence-electron chi connectivity index (χ0n) is 16.3. The van der Waals surface area contributed by atoms with Gasteiger partial charge in [0.15, 0.2) is 6.61 Å². The molecule has 0 saturated carbocycles. The van der Waals surface area contributed by atoms with E-state index in [-0.39, 0.29) is 11.4 Å². The maximum absolute atomic E-state index is 12.9. The van der Waals surface area contributed by atoms with Gasteiger partial charge in [0.25, 0.3) is 15.9 Å². The maximum atomic E-state index is 12.9. The Morgan fingerprint density at radius 2 is 1.71 bits per heavy atom. The standard InChI is InChI=1S/C22H17N3O5S/c23-12-13-24(17-8-2-1-3-9-17)20(26)15-30-21(27)14-25-18-10-4-6-16-7-5-11-19(22(16)18)31(25,28)29/h1-11H,13-15H2. The Hall–Kier alpha value is -3.90. The predicted octanol–water partition coefficient (Wildman–Crippen LogP) is 2.45. The molecule has 0 N–H and O–H groups in total. The summed E-state index contributed by atoms with van der Waals surface area (Å²) in [5.74, 6) is -1.46. The number of nitriles is 1. The van der Waals surface area contributed by atoms with E-state index < -0.39 is 35.1 Å². The minimum Gasteiger partial charge on any atom is -0.454 e. The summed E-state index contributed by atoms with van der Waals surface area (Å²) in [7, 11) is -3.91. The molecule has 1 aliphatic heterocycles. The largest absolute Gasteiger partial charge is 0.454 e. The number of para-hydroxylation sites is 1. The summed E-state index contributed by atoms with van der Waals surface area (Å²) in [5, 5.41) is 10.3. The highest BCUT2D eigenvalue weighted by atomic mass is 32.2. The predicted molar refractivity (Wildman–Crippen MR) is 114 cm³/mol. The molecule has 0 spiro atoms. The van der Waals surface area contributed by atoms with Gasteiger partial charge >= 0.3 is 5.97 Å². The summed E-state index contributed by atoms with van der Waals surface area (Å²) in [6.45, 7) is -1.38. The van der Waals surface area contributed by atoms with Crippen LogP contribution in [0.2, 0.25) is 0 Å². The van der Waals surface area contributed by atoms with Gasteiger partial charge < -0.3 is 4.74 Å². The van der Waals surface area contributed by atoms with Crippen LogP contribution >= 0.6 is 0 Å². The molecule has 3 aromatic rings. The summed E-state index contributed by atoms with van der Waals surface area (Å²) in [5.41, 5.74) is 0.890. The van der Waals surface area contributed by atoms with E-state index in [0.29, 0.717) is 16.8 Å². The first kappa shape index (κ1) is 20.4. The van der Waals surface area contributed by atoms with Crippen LogP contribution in [-0.4, -0.2) is 40.0 Å². The van der Waals surface area contributed by atoms with E-state index in [9.17, 15) is 18.0 Å². The molecule has 4 rings (SSSR count). The lowest BCUT2D eigenvalue weighted by Gasteiger charge is -2.20. The zero-order chi connectivity index (χ0) is 22.0. The first-order valence-electron chi connectivity index (χ1n) is 9.36. The molecule has 3 aromatic carbocycles. The molecular weight excluding hydrogens is 418 g/mol. The van der Waals surface area contributed by atoms with Gasteiger partial charge in [-0.3, -0.25) is 18.8 Å². The molecule has 0 atom stereocenters. The number of esters is 1. The number of nitrogens with zero attached hydrogens (tertiary/aromatic N) is 3. The summed E-state index contributed by atoms with van der Waals surface area (Å²) in [6, 6.07) is 20.5. The van der Waals surface area contributed by atoms with Gasteiger partial charge in [-0.15, -0.1) is 0 Å². The molecule has 0 saturated heterocycles. The average Bonchev–Trinajstić information content (AvgIpc) is 2.99. The van der Waals surface area contributed by atoms with Crippen molar-refractivity contribution in [1.82, 2.24) is 0 Å². The van der Waals surface area contributed by atoms with Crippen LogP contribution in [0.3, 0.4) is 0 Å². The first-order valence-corrected chi connectivity index (χ1v) is 10.8.